The van der Waals surface area contributed by atoms with E-state index in [0.717, 1.165) is 37.0 Å². The van der Waals surface area contributed by atoms with Crippen molar-refractivity contribution in [1.29, 1.82) is 0 Å². The van der Waals surface area contributed by atoms with Crippen LogP contribution in [0, 0.1) is 6.92 Å². The summed E-state index contributed by atoms with van der Waals surface area (Å²) >= 11 is 0. The van der Waals surface area contributed by atoms with Crippen LogP contribution in [0.5, 0.6) is 11.5 Å². The lowest BCUT2D eigenvalue weighted by Crippen LogP contribution is -2.49. The van der Waals surface area contributed by atoms with Gasteiger partial charge in [-0.2, -0.15) is 0 Å². The number of carbonyl (C=O) groups excluding carboxylic acids is 1. The third kappa shape index (κ3) is 4.48. The maximum atomic E-state index is 13.4. The molecule has 1 aliphatic heterocycles. The number of anilines is 1. The Labute approximate surface area is 183 Å². The fraction of sp³-hybridized carbons (Fsp3) is 0.400. The van der Waals surface area contributed by atoms with E-state index in [-0.39, 0.29) is 6.03 Å². The molecule has 0 unspecified atom stereocenters. The molecular weight excluding hydrogens is 390 g/mol. The number of unbranched alkanes of at least 4 members (excludes halogenated alkanes) is 1. The molecule has 0 atom stereocenters. The van der Waals surface area contributed by atoms with Gasteiger partial charge in [0, 0.05) is 48.5 Å². The maximum Gasteiger partial charge on any atom is 0.324 e. The number of methoxy groups -OCH3 is 1. The van der Waals surface area contributed by atoms with Gasteiger partial charge in [-0.3, -0.25) is 4.90 Å². The largest absolute Gasteiger partial charge is 0.493 e. The van der Waals surface area contributed by atoms with Gasteiger partial charge in [-0.1, -0.05) is 19.4 Å². The van der Waals surface area contributed by atoms with E-state index in [9.17, 15) is 4.79 Å². The summed E-state index contributed by atoms with van der Waals surface area (Å²) in [4.78, 5) is 20.5. The van der Waals surface area contributed by atoms with Crippen molar-refractivity contribution in [3.63, 3.8) is 0 Å². The molecule has 31 heavy (non-hydrogen) atoms. The molecule has 3 aromatic rings. The summed E-state index contributed by atoms with van der Waals surface area (Å²) in [7, 11) is 1.64. The highest BCUT2D eigenvalue weighted by atomic mass is 16.5. The molecule has 0 aliphatic carbocycles. The second kappa shape index (κ2) is 9.33. The fourth-order valence-corrected chi connectivity index (χ4v) is 4.18. The number of amides is 2. The first-order valence-corrected chi connectivity index (χ1v) is 11.0. The number of fused-ring (bicyclic) bond motifs is 1. The van der Waals surface area contributed by atoms with Crippen LogP contribution in [0.15, 0.2) is 42.6 Å². The van der Waals surface area contributed by atoms with Crippen LogP contribution in [0.3, 0.4) is 0 Å². The molecule has 6 heteroatoms. The molecule has 2 aromatic carbocycles. The molecule has 0 spiro atoms. The first kappa shape index (κ1) is 21.1. The number of ether oxygens (including phenoxy) is 2. The first-order valence-electron chi connectivity index (χ1n) is 11.0. The molecule has 1 fully saturated rings. The Morgan fingerprint density at radius 1 is 1.10 bits per heavy atom. The summed E-state index contributed by atoms with van der Waals surface area (Å²) in [5.74, 6) is 1.38. The minimum atomic E-state index is 0.0288. The van der Waals surface area contributed by atoms with Gasteiger partial charge in [-0.25, -0.2) is 4.79 Å². The maximum absolute atomic E-state index is 13.4. The van der Waals surface area contributed by atoms with Crippen LogP contribution in [-0.4, -0.2) is 42.7 Å². The number of hydrogen-bond donors (Lipinski definition) is 1. The molecule has 2 amide bonds. The minimum Gasteiger partial charge on any atom is -0.493 e. The molecule has 1 aromatic heterocycles. The number of benzene rings is 2. The van der Waals surface area contributed by atoms with Crippen molar-refractivity contribution in [1.82, 2.24) is 9.88 Å². The number of nitrogens with one attached hydrogen (secondary N) is 1. The molecule has 0 saturated carbocycles. The highest BCUT2D eigenvalue weighted by Gasteiger charge is 2.28. The topological polar surface area (TPSA) is 57.8 Å². The number of carbonyl (C=O) groups is 1. The van der Waals surface area contributed by atoms with Gasteiger partial charge in [0.1, 0.15) is 0 Å². The van der Waals surface area contributed by atoms with Crippen LogP contribution in [0.25, 0.3) is 10.9 Å². The second-order valence-corrected chi connectivity index (χ2v) is 8.11. The number of aryl methyl sites for hydroxylation is 1. The van der Waals surface area contributed by atoms with Gasteiger partial charge in [-0.05, 0) is 55.2 Å². The van der Waals surface area contributed by atoms with Gasteiger partial charge in [-0.15, -0.1) is 0 Å². The Hall–Kier alpha value is -3.15. The van der Waals surface area contributed by atoms with Crippen LogP contribution in [0.2, 0.25) is 0 Å². The van der Waals surface area contributed by atoms with Crippen LogP contribution in [-0.2, 0) is 6.54 Å². The van der Waals surface area contributed by atoms with E-state index in [0.29, 0.717) is 31.2 Å². The Balaban J connectivity index is 1.56. The van der Waals surface area contributed by atoms with Gasteiger partial charge < -0.3 is 19.4 Å². The van der Waals surface area contributed by atoms with Crippen molar-refractivity contribution in [3.8, 4) is 11.5 Å². The fourth-order valence-electron chi connectivity index (χ4n) is 4.18. The first-order chi connectivity index (χ1) is 15.1. The van der Waals surface area contributed by atoms with E-state index in [2.05, 4.69) is 37.0 Å². The lowest BCUT2D eigenvalue weighted by molar-refractivity contribution is 0.192. The highest BCUT2D eigenvalue weighted by Crippen LogP contribution is 2.33. The Bertz CT molecular complexity index is 1060. The molecule has 2 heterocycles. The molecule has 1 aliphatic rings. The number of nitrogens with zero attached hydrogens (tertiary/aromatic N) is 2. The summed E-state index contributed by atoms with van der Waals surface area (Å²) in [5.41, 5.74) is 4.32. The highest BCUT2D eigenvalue weighted by molar-refractivity contribution is 5.93. The van der Waals surface area contributed by atoms with E-state index < -0.39 is 0 Å². The predicted molar refractivity (Wildman–Crippen MR) is 124 cm³/mol. The number of hydrogen-bond acceptors (Lipinski definition) is 3. The van der Waals surface area contributed by atoms with E-state index in [1.165, 1.54) is 16.5 Å². The minimum absolute atomic E-state index is 0.0288. The van der Waals surface area contributed by atoms with Crippen LogP contribution < -0.4 is 14.4 Å². The summed E-state index contributed by atoms with van der Waals surface area (Å²) in [6.45, 7) is 6.91. The van der Waals surface area contributed by atoms with Gasteiger partial charge in [0.15, 0.2) is 11.5 Å². The summed E-state index contributed by atoms with van der Waals surface area (Å²) in [6, 6.07) is 12.2. The molecule has 1 saturated heterocycles. The van der Waals surface area contributed by atoms with E-state index >= 15 is 0 Å². The van der Waals surface area contributed by atoms with Gasteiger partial charge in [0.25, 0.3) is 0 Å². The molecule has 6 nitrogen and oxygen atoms in total. The molecule has 0 bridgehead atoms. The van der Waals surface area contributed by atoms with Crippen LogP contribution in [0.4, 0.5) is 10.5 Å². The van der Waals surface area contributed by atoms with Crippen molar-refractivity contribution in [3.05, 3.63) is 53.7 Å². The third-order valence-electron chi connectivity index (χ3n) is 5.79. The number of H-pyrrole nitrogens is 1. The van der Waals surface area contributed by atoms with Crippen LogP contribution in [0.1, 0.15) is 37.3 Å². The molecule has 1 N–H and O–H groups in total. The van der Waals surface area contributed by atoms with Crippen molar-refractivity contribution in [2.45, 2.75) is 39.7 Å². The number of aromatic amines is 1. The Kier molecular flexibility index (Phi) is 6.35. The second-order valence-electron chi connectivity index (χ2n) is 8.11. The zero-order valence-electron chi connectivity index (χ0n) is 18.6. The number of aromatic nitrogens is 1. The van der Waals surface area contributed by atoms with E-state index in [4.69, 9.17) is 9.47 Å². The van der Waals surface area contributed by atoms with Gasteiger partial charge in [0.2, 0.25) is 0 Å². The Morgan fingerprint density at radius 2 is 1.97 bits per heavy atom. The predicted octanol–water partition coefficient (Wildman–Crippen LogP) is 5.50. The van der Waals surface area contributed by atoms with E-state index in [1.54, 1.807) is 7.11 Å². The smallest absolute Gasteiger partial charge is 0.324 e. The quantitative estimate of drug-likeness (QED) is 0.489. The van der Waals surface area contributed by atoms with Crippen molar-refractivity contribution in [2.75, 3.05) is 31.7 Å². The Morgan fingerprint density at radius 3 is 2.77 bits per heavy atom. The summed E-state index contributed by atoms with van der Waals surface area (Å²) in [5, 5.41) is 1.17. The van der Waals surface area contributed by atoms with Gasteiger partial charge in [0.05, 0.1) is 13.7 Å². The average Bonchev–Trinajstić information content (AvgIpc) is 3.24. The molecule has 164 valence electrons. The van der Waals surface area contributed by atoms with Crippen molar-refractivity contribution < 1.29 is 14.3 Å². The van der Waals surface area contributed by atoms with Gasteiger partial charge >= 0.3 is 6.03 Å². The number of rotatable bonds is 8. The molecule has 0 radical (unpaired) electrons. The summed E-state index contributed by atoms with van der Waals surface area (Å²) in [6.07, 6.45) is 4.92. The van der Waals surface area contributed by atoms with E-state index in [1.807, 2.05) is 34.2 Å². The lowest BCUT2D eigenvalue weighted by Gasteiger charge is -2.36. The standard InChI is InChI=1S/C25H31N3O3/c1-4-5-13-31-24-16-20(7-8-23(24)30-3)28-12-6-11-27(25(28)29)17-19-14-18(2)15-22-21(19)9-10-26-22/h7-10,14-16,26H,4-6,11-13,17H2,1-3H3. The lowest BCUT2D eigenvalue weighted by atomic mass is 10.1. The zero-order chi connectivity index (χ0) is 21.8. The van der Waals surface area contributed by atoms with Crippen molar-refractivity contribution in [2.24, 2.45) is 0 Å². The normalized spacial score (nSPS) is 14.4. The summed E-state index contributed by atoms with van der Waals surface area (Å²) < 4.78 is 11.4. The van der Waals surface area contributed by atoms with Crippen molar-refractivity contribution >= 4 is 22.6 Å². The molecular formula is C25H31N3O3. The van der Waals surface area contributed by atoms with Crippen LogP contribution >= 0.6 is 0 Å². The average molecular weight is 422 g/mol. The monoisotopic (exact) mass is 421 g/mol. The number of urea groups is 1. The SMILES string of the molecule is CCCCOc1cc(N2CCCN(Cc3cc(C)cc4[nH]ccc34)C2=O)ccc1OC. The third-order valence-corrected chi connectivity index (χ3v) is 5.79. The molecule has 4 rings (SSSR count). The zero-order valence-corrected chi connectivity index (χ0v) is 18.6.